The monoisotopic (exact) mass is 307 g/mol. The summed E-state index contributed by atoms with van der Waals surface area (Å²) < 4.78 is 0. The second-order valence-corrected chi connectivity index (χ2v) is 5.50. The zero-order valence-corrected chi connectivity index (χ0v) is 12.5. The Bertz CT molecular complexity index is 541. The number of carbonyl (C=O) groups excluding carboxylic acids is 1. The average Bonchev–Trinajstić information content (AvgIpc) is 2.45. The Labute approximate surface area is 129 Å². The number of piperazine rings is 1. The third kappa shape index (κ3) is 4.44. The van der Waals surface area contributed by atoms with Gasteiger partial charge >= 0.3 is 5.97 Å². The molecule has 1 amide bonds. The number of hydrogen-bond donors (Lipinski definition) is 3. The maximum atomic E-state index is 12.1. The van der Waals surface area contributed by atoms with Crippen LogP contribution in [-0.2, 0) is 9.59 Å². The van der Waals surface area contributed by atoms with Crippen LogP contribution >= 0.6 is 0 Å². The van der Waals surface area contributed by atoms with E-state index in [2.05, 4.69) is 10.2 Å². The molecule has 2 rings (SSSR count). The highest BCUT2D eigenvalue weighted by Crippen LogP contribution is 2.16. The summed E-state index contributed by atoms with van der Waals surface area (Å²) in [6, 6.07) is 5.35. The molecule has 0 saturated carbocycles. The summed E-state index contributed by atoms with van der Waals surface area (Å²) in [5.74, 6) is -1.32. The molecule has 1 aromatic carbocycles. The number of likely N-dealkylation sites (N-methyl/N-ethyl adjacent to an activating group) is 1. The third-order valence-electron chi connectivity index (χ3n) is 3.77. The van der Waals surface area contributed by atoms with E-state index in [1.54, 1.807) is 12.1 Å². The Morgan fingerprint density at radius 1 is 1.27 bits per heavy atom. The van der Waals surface area contributed by atoms with Gasteiger partial charge in [-0.15, -0.1) is 0 Å². The molecule has 120 valence electrons. The number of rotatable bonds is 5. The lowest BCUT2D eigenvalue weighted by Gasteiger charge is -2.35. The van der Waals surface area contributed by atoms with E-state index in [0.717, 1.165) is 13.1 Å². The Morgan fingerprint density at radius 2 is 1.95 bits per heavy atom. The molecule has 0 radical (unpaired) electrons. The van der Waals surface area contributed by atoms with Gasteiger partial charge in [-0.05, 0) is 19.2 Å². The second kappa shape index (κ2) is 7.24. The average molecular weight is 307 g/mol. The number of aromatic hydroxyl groups is 1. The zero-order valence-electron chi connectivity index (χ0n) is 12.5. The minimum atomic E-state index is -0.990. The van der Waals surface area contributed by atoms with Gasteiger partial charge in [-0.3, -0.25) is 14.5 Å². The van der Waals surface area contributed by atoms with Gasteiger partial charge in [0.1, 0.15) is 11.8 Å². The van der Waals surface area contributed by atoms with Crippen LogP contribution in [0.1, 0.15) is 6.42 Å². The molecule has 3 N–H and O–H groups in total. The Morgan fingerprint density at radius 3 is 2.55 bits per heavy atom. The number of hydrogen-bond acceptors (Lipinski definition) is 5. The summed E-state index contributed by atoms with van der Waals surface area (Å²) in [5.41, 5.74) is 0.451. The molecule has 1 atom stereocenters. The van der Waals surface area contributed by atoms with Crippen molar-refractivity contribution < 1.29 is 19.8 Å². The lowest BCUT2D eigenvalue weighted by Crippen LogP contribution is -2.52. The van der Waals surface area contributed by atoms with E-state index in [1.807, 2.05) is 11.9 Å². The quantitative estimate of drug-likeness (QED) is 0.730. The van der Waals surface area contributed by atoms with Gasteiger partial charge in [0.25, 0.3) is 0 Å². The first-order valence-corrected chi connectivity index (χ1v) is 7.20. The first-order chi connectivity index (χ1) is 10.5. The maximum absolute atomic E-state index is 12.1. The number of carboxylic acids is 1. The van der Waals surface area contributed by atoms with Crippen LogP contribution in [0.3, 0.4) is 0 Å². The lowest BCUT2D eigenvalue weighted by molar-refractivity contribution is -0.145. The van der Waals surface area contributed by atoms with Gasteiger partial charge < -0.3 is 20.4 Å². The fraction of sp³-hybridized carbons (Fsp3) is 0.467. The van der Waals surface area contributed by atoms with Crippen molar-refractivity contribution in [3.05, 3.63) is 24.3 Å². The van der Waals surface area contributed by atoms with Crippen LogP contribution in [0, 0.1) is 0 Å². The molecule has 0 aromatic heterocycles. The van der Waals surface area contributed by atoms with Crippen molar-refractivity contribution >= 4 is 17.6 Å². The van der Waals surface area contributed by atoms with E-state index in [4.69, 9.17) is 0 Å². The molecule has 1 aliphatic rings. The topological polar surface area (TPSA) is 93.1 Å². The largest absolute Gasteiger partial charge is 0.508 e. The summed E-state index contributed by atoms with van der Waals surface area (Å²) in [7, 11) is 1.99. The van der Waals surface area contributed by atoms with Crippen molar-refractivity contribution in [1.82, 2.24) is 9.80 Å². The molecule has 7 heteroatoms. The molecule has 1 heterocycles. The van der Waals surface area contributed by atoms with E-state index in [0.29, 0.717) is 18.8 Å². The first-order valence-electron chi connectivity index (χ1n) is 7.20. The smallest absolute Gasteiger partial charge is 0.321 e. The van der Waals surface area contributed by atoms with E-state index in [1.165, 1.54) is 12.1 Å². The van der Waals surface area contributed by atoms with Gasteiger partial charge in [-0.1, -0.05) is 6.07 Å². The Kier molecular flexibility index (Phi) is 5.35. The summed E-state index contributed by atoms with van der Waals surface area (Å²) in [4.78, 5) is 27.5. The van der Waals surface area contributed by atoms with E-state index in [-0.39, 0.29) is 18.1 Å². The van der Waals surface area contributed by atoms with Gasteiger partial charge in [0.05, 0.1) is 6.42 Å². The molecule has 22 heavy (non-hydrogen) atoms. The van der Waals surface area contributed by atoms with Gasteiger partial charge in [-0.25, -0.2) is 0 Å². The fourth-order valence-corrected chi connectivity index (χ4v) is 2.48. The van der Waals surface area contributed by atoms with Crippen LogP contribution in [0.15, 0.2) is 24.3 Å². The molecule has 0 unspecified atom stereocenters. The number of nitrogens with zero attached hydrogens (tertiary/aromatic N) is 2. The van der Waals surface area contributed by atoms with Crippen LogP contribution < -0.4 is 5.32 Å². The highest BCUT2D eigenvalue weighted by molar-refractivity contribution is 5.94. The maximum Gasteiger partial charge on any atom is 0.321 e. The molecule has 0 bridgehead atoms. The Hall–Kier alpha value is -2.12. The summed E-state index contributed by atoms with van der Waals surface area (Å²) in [5, 5.41) is 21.4. The molecular formula is C15H21N3O4. The number of amides is 1. The highest BCUT2D eigenvalue weighted by atomic mass is 16.4. The molecule has 1 saturated heterocycles. The third-order valence-corrected chi connectivity index (χ3v) is 3.77. The second-order valence-electron chi connectivity index (χ2n) is 5.50. The predicted octanol–water partition coefficient (Wildman–Crippen LogP) is 0.421. The molecule has 0 aliphatic carbocycles. The number of anilines is 1. The molecule has 1 fully saturated rings. The zero-order chi connectivity index (χ0) is 16.1. The van der Waals surface area contributed by atoms with E-state index in [9.17, 15) is 19.8 Å². The lowest BCUT2D eigenvalue weighted by atomic mass is 10.1. The summed E-state index contributed by atoms with van der Waals surface area (Å²) in [6.45, 7) is 2.84. The van der Waals surface area contributed by atoms with Crippen molar-refractivity contribution in [2.45, 2.75) is 12.5 Å². The Balaban J connectivity index is 1.95. The molecule has 7 nitrogen and oxygen atoms in total. The predicted molar refractivity (Wildman–Crippen MR) is 81.8 cm³/mol. The van der Waals surface area contributed by atoms with Crippen molar-refractivity contribution in [1.29, 1.82) is 0 Å². The van der Waals surface area contributed by atoms with Crippen molar-refractivity contribution in [2.75, 3.05) is 38.5 Å². The number of carboxylic acid groups (broad SMARTS) is 1. The molecule has 1 aromatic rings. The number of aliphatic carboxylic acids is 1. The number of phenolic OH excluding ortho intramolecular Hbond substituents is 1. The van der Waals surface area contributed by atoms with Crippen molar-refractivity contribution in [3.8, 4) is 5.75 Å². The van der Waals surface area contributed by atoms with Crippen molar-refractivity contribution in [3.63, 3.8) is 0 Å². The van der Waals surface area contributed by atoms with E-state index < -0.39 is 12.0 Å². The molecular weight excluding hydrogens is 286 g/mol. The standard InChI is InChI=1S/C15H21N3O4/c1-17-5-7-18(8-6-17)13(15(21)22)10-14(20)16-11-3-2-4-12(19)9-11/h2-4,9,13,19H,5-8,10H2,1H3,(H,16,20)(H,21,22)/t13-/m0/s1. The molecule has 1 aliphatic heterocycles. The molecule has 0 spiro atoms. The fourth-order valence-electron chi connectivity index (χ4n) is 2.48. The highest BCUT2D eigenvalue weighted by Gasteiger charge is 2.30. The number of carbonyl (C=O) groups is 2. The van der Waals surface area contributed by atoms with Crippen LogP contribution in [0.2, 0.25) is 0 Å². The SMILES string of the molecule is CN1CCN([C@@H](CC(=O)Nc2cccc(O)c2)C(=O)O)CC1. The van der Waals surface area contributed by atoms with Crippen LogP contribution in [-0.4, -0.2) is 71.2 Å². The minimum absolute atomic E-state index is 0.0478. The van der Waals surface area contributed by atoms with Gasteiger partial charge in [0.15, 0.2) is 0 Å². The van der Waals surface area contributed by atoms with Gasteiger partial charge in [0, 0.05) is 37.9 Å². The van der Waals surface area contributed by atoms with Crippen LogP contribution in [0.25, 0.3) is 0 Å². The van der Waals surface area contributed by atoms with Crippen LogP contribution in [0.5, 0.6) is 5.75 Å². The van der Waals surface area contributed by atoms with Crippen molar-refractivity contribution in [2.24, 2.45) is 0 Å². The summed E-state index contributed by atoms with van der Waals surface area (Å²) >= 11 is 0. The van der Waals surface area contributed by atoms with E-state index >= 15 is 0 Å². The van der Waals surface area contributed by atoms with Crippen LogP contribution in [0.4, 0.5) is 5.69 Å². The van der Waals surface area contributed by atoms with Gasteiger partial charge in [0.2, 0.25) is 5.91 Å². The number of benzene rings is 1. The minimum Gasteiger partial charge on any atom is -0.508 e. The van der Waals surface area contributed by atoms with Gasteiger partial charge in [-0.2, -0.15) is 0 Å². The number of nitrogens with one attached hydrogen (secondary N) is 1. The first kappa shape index (κ1) is 16.3. The summed E-state index contributed by atoms with van der Waals surface area (Å²) in [6.07, 6.45) is -0.116. The normalized spacial score (nSPS) is 17.9. The number of phenols is 1.